The van der Waals surface area contributed by atoms with E-state index in [2.05, 4.69) is 0 Å². The highest BCUT2D eigenvalue weighted by Crippen LogP contribution is 2.57. The quantitative estimate of drug-likeness (QED) is 0.749. The van der Waals surface area contributed by atoms with Crippen LogP contribution < -0.4 is 5.73 Å². The average Bonchev–Trinajstić information content (AvgIpc) is 2.92. The number of carbonyl (C=O) groups excluding carboxylic acids is 3. The monoisotopic (exact) mass is 417 g/mol. The van der Waals surface area contributed by atoms with Crippen molar-refractivity contribution in [2.45, 2.75) is 39.0 Å². The molecule has 6 nitrogen and oxygen atoms in total. The molecule has 2 N–H and O–H groups in total. The minimum absolute atomic E-state index is 0.101. The highest BCUT2D eigenvalue weighted by molar-refractivity contribution is 6.29. The van der Waals surface area contributed by atoms with Crippen LogP contribution >= 0.6 is 0 Å². The van der Waals surface area contributed by atoms with Gasteiger partial charge in [0.05, 0.1) is 12.2 Å². The lowest BCUT2D eigenvalue weighted by molar-refractivity contribution is -0.139. The first-order valence-electron chi connectivity index (χ1n) is 10.4. The third kappa shape index (κ3) is 2.42. The summed E-state index contributed by atoms with van der Waals surface area (Å²) in [6.07, 6.45) is 0.679. The summed E-state index contributed by atoms with van der Waals surface area (Å²) in [4.78, 5) is 40.9. The molecule has 2 aliphatic carbocycles. The predicted octanol–water partition coefficient (Wildman–Crippen LogP) is 3.68. The topological polar surface area (TPSA) is 95.7 Å². The number of ether oxygens (including phenoxy) is 2. The van der Waals surface area contributed by atoms with Gasteiger partial charge in [-0.2, -0.15) is 0 Å². The van der Waals surface area contributed by atoms with E-state index < -0.39 is 11.4 Å². The molecule has 0 radical (unpaired) electrons. The molecule has 1 atom stereocenters. The maximum Gasteiger partial charge on any atom is 0.341 e. The number of ketones is 2. The molecule has 0 fully saturated rings. The first-order valence-corrected chi connectivity index (χ1v) is 10.4. The van der Waals surface area contributed by atoms with Crippen LogP contribution in [0.4, 0.5) is 0 Å². The molecule has 1 heterocycles. The summed E-state index contributed by atoms with van der Waals surface area (Å²) in [6, 6.07) is 11.0. The van der Waals surface area contributed by atoms with Crippen molar-refractivity contribution >= 4 is 28.3 Å². The number of fused-ring (bicyclic) bond motifs is 2. The molecule has 0 saturated carbocycles. The Morgan fingerprint density at radius 1 is 1.13 bits per heavy atom. The molecule has 0 saturated heterocycles. The molecule has 3 aliphatic rings. The molecule has 1 aliphatic heterocycles. The maximum atomic E-state index is 14.1. The molecule has 6 heteroatoms. The van der Waals surface area contributed by atoms with E-state index in [9.17, 15) is 14.4 Å². The van der Waals surface area contributed by atoms with Gasteiger partial charge in [-0.05, 0) is 28.7 Å². The third-order valence-corrected chi connectivity index (χ3v) is 6.44. The minimum atomic E-state index is -1.65. The molecular formula is C25H23NO5. The van der Waals surface area contributed by atoms with E-state index in [1.165, 1.54) is 0 Å². The number of rotatable bonds is 2. The van der Waals surface area contributed by atoms with Gasteiger partial charge in [-0.3, -0.25) is 9.59 Å². The molecule has 2 aromatic rings. The lowest BCUT2D eigenvalue weighted by atomic mass is 9.61. The highest BCUT2D eigenvalue weighted by Gasteiger charge is 2.62. The normalized spacial score (nSPS) is 24.0. The van der Waals surface area contributed by atoms with Gasteiger partial charge in [0.2, 0.25) is 5.88 Å². The van der Waals surface area contributed by atoms with Crippen molar-refractivity contribution in [3.05, 3.63) is 70.3 Å². The molecule has 2 aromatic carbocycles. The van der Waals surface area contributed by atoms with Crippen molar-refractivity contribution in [1.82, 2.24) is 0 Å². The Balaban J connectivity index is 1.91. The maximum absolute atomic E-state index is 14.1. The molecule has 1 spiro atoms. The standard InChI is InChI=1S/C25H23NO5/c1-4-30-23(29)20-22(26)31-17-12-24(2,3)11-16(27)19(17)25(20)15-10-6-8-13-7-5-9-14(18(13)15)21(25)28/h5-10H,4,11-12,26H2,1-3H3. The summed E-state index contributed by atoms with van der Waals surface area (Å²) in [7, 11) is 0. The van der Waals surface area contributed by atoms with E-state index >= 15 is 0 Å². The zero-order valence-electron chi connectivity index (χ0n) is 17.7. The number of benzene rings is 2. The fourth-order valence-corrected chi connectivity index (χ4v) is 5.38. The van der Waals surface area contributed by atoms with Gasteiger partial charge >= 0.3 is 5.97 Å². The average molecular weight is 417 g/mol. The van der Waals surface area contributed by atoms with Crippen LogP contribution in [-0.2, 0) is 24.5 Å². The Labute approximate surface area is 179 Å². The SMILES string of the molecule is CCOC(=O)C1=C(N)OC2=C(C(=O)CC(C)(C)C2)C12C(=O)c1cccc3cccc2c13. The van der Waals surface area contributed by atoms with E-state index in [0.29, 0.717) is 23.3 Å². The lowest BCUT2D eigenvalue weighted by Gasteiger charge is -2.42. The Kier molecular flexibility index (Phi) is 3.97. The van der Waals surface area contributed by atoms with Crippen molar-refractivity contribution in [1.29, 1.82) is 0 Å². The van der Waals surface area contributed by atoms with E-state index in [1.54, 1.807) is 25.1 Å². The third-order valence-electron chi connectivity index (χ3n) is 6.44. The van der Waals surface area contributed by atoms with E-state index in [-0.39, 0.29) is 47.0 Å². The second-order valence-corrected chi connectivity index (χ2v) is 9.09. The Morgan fingerprint density at radius 2 is 1.84 bits per heavy atom. The van der Waals surface area contributed by atoms with Crippen LogP contribution in [0.5, 0.6) is 0 Å². The molecule has 0 amide bonds. The van der Waals surface area contributed by atoms with Crippen LogP contribution in [-0.4, -0.2) is 24.1 Å². The lowest BCUT2D eigenvalue weighted by Crippen LogP contribution is -2.49. The van der Waals surface area contributed by atoms with Crippen LogP contribution in [0.25, 0.3) is 10.8 Å². The van der Waals surface area contributed by atoms with Crippen LogP contribution in [0.2, 0.25) is 0 Å². The van der Waals surface area contributed by atoms with Crippen molar-refractivity contribution in [3.63, 3.8) is 0 Å². The number of nitrogens with two attached hydrogens (primary N) is 1. The van der Waals surface area contributed by atoms with Crippen molar-refractivity contribution < 1.29 is 23.9 Å². The Hall–Kier alpha value is -3.41. The molecule has 0 aromatic heterocycles. The van der Waals surface area contributed by atoms with Gasteiger partial charge in [0.15, 0.2) is 11.6 Å². The Bertz CT molecular complexity index is 1260. The summed E-state index contributed by atoms with van der Waals surface area (Å²) >= 11 is 0. The van der Waals surface area contributed by atoms with Crippen LogP contribution in [0, 0.1) is 5.41 Å². The smallest absolute Gasteiger partial charge is 0.341 e. The summed E-state index contributed by atoms with van der Waals surface area (Å²) < 4.78 is 11.2. The van der Waals surface area contributed by atoms with Gasteiger partial charge in [0, 0.05) is 18.4 Å². The fourth-order valence-electron chi connectivity index (χ4n) is 5.38. The molecule has 31 heavy (non-hydrogen) atoms. The number of Topliss-reactive ketones (excluding diaryl/α,β-unsaturated/α-hetero) is 2. The van der Waals surface area contributed by atoms with Gasteiger partial charge in [0.1, 0.15) is 16.7 Å². The van der Waals surface area contributed by atoms with Gasteiger partial charge in [0.25, 0.3) is 0 Å². The summed E-state index contributed by atoms with van der Waals surface area (Å²) in [5.74, 6) is -1.11. The minimum Gasteiger partial charge on any atom is -0.462 e. The summed E-state index contributed by atoms with van der Waals surface area (Å²) in [5, 5.41) is 1.59. The molecule has 0 bridgehead atoms. The number of esters is 1. The zero-order chi connectivity index (χ0) is 22.1. The number of hydrogen-bond acceptors (Lipinski definition) is 6. The van der Waals surface area contributed by atoms with Crippen molar-refractivity contribution in [3.8, 4) is 0 Å². The van der Waals surface area contributed by atoms with E-state index in [4.69, 9.17) is 15.2 Å². The van der Waals surface area contributed by atoms with Gasteiger partial charge < -0.3 is 15.2 Å². The molecular weight excluding hydrogens is 394 g/mol. The van der Waals surface area contributed by atoms with Crippen molar-refractivity contribution in [2.75, 3.05) is 6.61 Å². The van der Waals surface area contributed by atoms with Gasteiger partial charge in [-0.15, -0.1) is 0 Å². The van der Waals surface area contributed by atoms with Gasteiger partial charge in [-0.25, -0.2) is 4.79 Å². The van der Waals surface area contributed by atoms with Gasteiger partial charge in [-0.1, -0.05) is 50.2 Å². The van der Waals surface area contributed by atoms with Crippen molar-refractivity contribution in [2.24, 2.45) is 11.1 Å². The highest BCUT2D eigenvalue weighted by atomic mass is 16.5. The van der Waals surface area contributed by atoms with Crippen LogP contribution in [0.15, 0.2) is 59.2 Å². The molecule has 1 unspecified atom stereocenters. The fraction of sp³-hybridized carbons (Fsp3) is 0.320. The van der Waals surface area contributed by atoms with Crippen LogP contribution in [0.1, 0.15) is 49.5 Å². The van der Waals surface area contributed by atoms with Crippen LogP contribution in [0.3, 0.4) is 0 Å². The first kappa shape index (κ1) is 19.5. The predicted molar refractivity (Wildman–Crippen MR) is 114 cm³/mol. The number of carbonyl (C=O) groups is 3. The Morgan fingerprint density at radius 3 is 2.55 bits per heavy atom. The largest absolute Gasteiger partial charge is 0.462 e. The molecule has 5 rings (SSSR count). The number of hydrogen-bond donors (Lipinski definition) is 1. The van der Waals surface area contributed by atoms with E-state index in [0.717, 1.165) is 10.8 Å². The second-order valence-electron chi connectivity index (χ2n) is 9.09. The van der Waals surface area contributed by atoms with E-state index in [1.807, 2.05) is 32.0 Å². The number of allylic oxidation sites excluding steroid dienone is 2. The zero-order valence-corrected chi connectivity index (χ0v) is 17.7. The second kappa shape index (κ2) is 6.30. The summed E-state index contributed by atoms with van der Waals surface area (Å²) in [5.41, 5.74) is 5.46. The molecule has 158 valence electrons. The first-order chi connectivity index (χ1) is 14.7. The summed E-state index contributed by atoms with van der Waals surface area (Å²) in [6.45, 7) is 5.72.